The van der Waals surface area contributed by atoms with Gasteiger partial charge in [-0.2, -0.15) is 52.7 Å². The van der Waals surface area contributed by atoms with Gasteiger partial charge in [-0.05, 0) is 141 Å². The molecule has 11 aromatic rings. The highest BCUT2D eigenvalue weighted by Crippen LogP contribution is 2.48. The average Bonchev–Trinajstić information content (AvgIpc) is 3.81. The smallest absolute Gasteiger partial charge is 0.309 e. The molecule has 0 radical (unpaired) electrons. The topological polar surface area (TPSA) is 9.86 Å². The van der Waals surface area contributed by atoms with Gasteiger partial charge in [0, 0.05) is 32.9 Å². The van der Waals surface area contributed by atoms with Crippen molar-refractivity contribution >= 4 is 65.2 Å². The Labute approximate surface area is 376 Å². The van der Waals surface area contributed by atoms with Crippen LogP contribution in [0.4, 0.5) is 52.7 Å². The lowest BCUT2D eigenvalue weighted by molar-refractivity contribution is -0.138. The van der Waals surface area contributed by atoms with Crippen molar-refractivity contribution in [3.63, 3.8) is 0 Å². The van der Waals surface area contributed by atoms with Gasteiger partial charge in [0.15, 0.2) is 0 Å². The Bertz CT molecular complexity index is 3440. The molecule has 11 rings (SSSR count). The zero-order chi connectivity index (χ0) is 47.7. The van der Waals surface area contributed by atoms with E-state index >= 15 is 0 Å². The number of fused-ring (bicyclic) bond motifs is 8. The molecular formula is C54H28F12N2. The second-order valence-electron chi connectivity index (χ2n) is 16.5. The van der Waals surface area contributed by atoms with Crippen LogP contribution in [0.5, 0.6) is 0 Å². The lowest BCUT2D eigenvalue weighted by Gasteiger charge is -2.20. The van der Waals surface area contributed by atoms with Crippen LogP contribution in [-0.2, 0) is 24.7 Å². The minimum absolute atomic E-state index is 0.0327. The molecule has 0 N–H and O–H groups in total. The van der Waals surface area contributed by atoms with Gasteiger partial charge in [-0.3, -0.25) is 0 Å². The van der Waals surface area contributed by atoms with Crippen LogP contribution in [0.3, 0.4) is 0 Å². The Morgan fingerprint density at radius 3 is 0.794 bits per heavy atom. The van der Waals surface area contributed by atoms with Crippen molar-refractivity contribution in [1.29, 1.82) is 0 Å². The predicted molar refractivity (Wildman–Crippen MR) is 241 cm³/mol. The SMILES string of the molecule is FC(F)(F)c1ccc2c(c1)c1cc(C(F)(F)F)ccc1n2-c1ccc2c(-c3ccccc3)c3cc(-n4c5ccc(C(F)(F)F)cc5c5cc(C(F)(F)F)ccc54)ccc3c(-c3ccccc3)c2c1. The van der Waals surface area contributed by atoms with Gasteiger partial charge in [0.2, 0.25) is 0 Å². The summed E-state index contributed by atoms with van der Waals surface area (Å²) in [4.78, 5) is 0. The molecule has 0 saturated heterocycles. The molecule has 0 aliphatic rings. The van der Waals surface area contributed by atoms with Gasteiger partial charge in [0.05, 0.1) is 44.3 Å². The van der Waals surface area contributed by atoms with E-state index in [0.29, 0.717) is 44.0 Å². The van der Waals surface area contributed by atoms with E-state index in [1.54, 1.807) is 21.3 Å². The van der Waals surface area contributed by atoms with Crippen molar-refractivity contribution in [2.75, 3.05) is 0 Å². The van der Waals surface area contributed by atoms with E-state index in [1.165, 1.54) is 24.3 Å². The quantitative estimate of drug-likeness (QED) is 0.123. The summed E-state index contributed by atoms with van der Waals surface area (Å²) in [5.41, 5.74) is 0.605. The first kappa shape index (κ1) is 42.9. The van der Waals surface area contributed by atoms with Gasteiger partial charge in [0.1, 0.15) is 0 Å². The van der Waals surface area contributed by atoms with Crippen LogP contribution in [0.2, 0.25) is 0 Å². The number of nitrogens with zero attached hydrogens (tertiary/aromatic N) is 2. The van der Waals surface area contributed by atoms with E-state index in [9.17, 15) is 52.7 Å². The molecule has 0 aliphatic carbocycles. The van der Waals surface area contributed by atoms with Gasteiger partial charge in [-0.1, -0.05) is 72.8 Å². The van der Waals surface area contributed by atoms with E-state index in [1.807, 2.05) is 84.9 Å². The van der Waals surface area contributed by atoms with Crippen LogP contribution >= 0.6 is 0 Å². The first-order valence-electron chi connectivity index (χ1n) is 20.9. The number of hydrogen-bond acceptors (Lipinski definition) is 0. The molecule has 2 heterocycles. The summed E-state index contributed by atoms with van der Waals surface area (Å²) in [6.07, 6.45) is -19.1. The summed E-state index contributed by atoms with van der Waals surface area (Å²) >= 11 is 0. The molecule has 0 amide bonds. The fourth-order valence-corrected chi connectivity index (χ4v) is 9.62. The molecule has 68 heavy (non-hydrogen) atoms. The van der Waals surface area contributed by atoms with E-state index in [-0.39, 0.29) is 43.6 Å². The van der Waals surface area contributed by atoms with E-state index in [0.717, 1.165) is 59.7 Å². The highest BCUT2D eigenvalue weighted by Gasteiger charge is 2.35. The van der Waals surface area contributed by atoms with Gasteiger partial charge in [0.25, 0.3) is 0 Å². The maximum Gasteiger partial charge on any atom is 0.416 e. The fraction of sp³-hybridized carbons (Fsp3) is 0.0741. The minimum Gasteiger partial charge on any atom is -0.309 e. The number of rotatable bonds is 4. The number of alkyl halides is 12. The standard InChI is InChI=1S/C54H28F12N2/c55-51(56,57)31-11-19-45-39(23-31)40-24-32(52(58,59)60)12-20-46(40)67(45)35-16-18-38-43(27-35)49(29-7-3-1-4-8-29)37-17-15-36(28-44(37)50(38)30-9-5-2-6-10-30)68-47-21-13-33(53(61,62)63)25-41(47)42-26-34(54(64,65)66)14-22-48(42)68/h1-28H. The predicted octanol–water partition coefficient (Wildman–Crippen LogP) is 17.6. The first-order valence-corrected chi connectivity index (χ1v) is 20.9. The molecule has 14 heteroatoms. The lowest BCUT2D eigenvalue weighted by atomic mass is 9.85. The van der Waals surface area contributed by atoms with Gasteiger partial charge < -0.3 is 9.13 Å². The van der Waals surface area contributed by atoms with Crippen LogP contribution in [0.15, 0.2) is 170 Å². The number of hydrogen-bond donors (Lipinski definition) is 0. The molecule has 0 fully saturated rings. The Hall–Kier alpha value is -7.74. The fourth-order valence-electron chi connectivity index (χ4n) is 9.62. The Balaban J connectivity index is 1.23. The Morgan fingerprint density at radius 1 is 0.250 bits per heavy atom. The van der Waals surface area contributed by atoms with Crippen molar-refractivity contribution in [2.45, 2.75) is 24.7 Å². The largest absolute Gasteiger partial charge is 0.416 e. The highest BCUT2D eigenvalue weighted by molar-refractivity contribution is 6.22. The molecule has 9 aromatic carbocycles. The van der Waals surface area contributed by atoms with Gasteiger partial charge in [-0.25, -0.2) is 0 Å². The maximum atomic E-state index is 14.1. The third-order valence-corrected chi connectivity index (χ3v) is 12.6. The van der Waals surface area contributed by atoms with Crippen LogP contribution in [0, 0.1) is 0 Å². The van der Waals surface area contributed by atoms with Crippen molar-refractivity contribution < 1.29 is 52.7 Å². The molecule has 0 aliphatic heterocycles. The minimum atomic E-state index is -4.78. The normalized spacial score (nSPS) is 13.0. The molecule has 0 atom stereocenters. The highest BCUT2D eigenvalue weighted by atomic mass is 19.4. The second kappa shape index (κ2) is 14.9. The molecule has 2 nitrogen and oxygen atoms in total. The summed E-state index contributed by atoms with van der Waals surface area (Å²) in [6, 6.07) is 41.3. The number of halogens is 12. The van der Waals surface area contributed by atoms with E-state index in [4.69, 9.17) is 0 Å². The molecule has 0 spiro atoms. The van der Waals surface area contributed by atoms with E-state index in [2.05, 4.69) is 0 Å². The van der Waals surface area contributed by atoms with Crippen LogP contribution in [-0.4, -0.2) is 9.13 Å². The third kappa shape index (κ3) is 6.91. The molecular weight excluding hydrogens is 905 g/mol. The van der Waals surface area contributed by atoms with Gasteiger partial charge in [-0.15, -0.1) is 0 Å². The van der Waals surface area contributed by atoms with E-state index < -0.39 is 47.0 Å². The summed E-state index contributed by atoms with van der Waals surface area (Å²) in [5.74, 6) is 0. The van der Waals surface area contributed by atoms with Crippen molar-refractivity contribution in [3.8, 4) is 33.6 Å². The zero-order valence-corrected chi connectivity index (χ0v) is 34.6. The maximum absolute atomic E-state index is 14.1. The van der Waals surface area contributed by atoms with Crippen molar-refractivity contribution in [1.82, 2.24) is 9.13 Å². The Morgan fingerprint density at radius 2 is 0.529 bits per heavy atom. The monoisotopic (exact) mass is 932 g/mol. The molecule has 0 bridgehead atoms. The first-order chi connectivity index (χ1) is 32.3. The number of benzene rings is 9. The third-order valence-electron chi connectivity index (χ3n) is 12.6. The van der Waals surface area contributed by atoms with Gasteiger partial charge >= 0.3 is 24.7 Å². The molecule has 338 valence electrons. The van der Waals surface area contributed by atoms with Crippen molar-refractivity contribution in [2.24, 2.45) is 0 Å². The van der Waals surface area contributed by atoms with Crippen molar-refractivity contribution in [3.05, 3.63) is 192 Å². The molecule has 0 saturated carbocycles. The molecule has 0 unspecified atom stereocenters. The second-order valence-corrected chi connectivity index (χ2v) is 16.5. The van der Waals surface area contributed by atoms with Crippen LogP contribution < -0.4 is 0 Å². The average molecular weight is 933 g/mol. The summed E-state index contributed by atoms with van der Waals surface area (Å²) in [6.45, 7) is 0. The Kier molecular flexibility index (Phi) is 9.38. The summed E-state index contributed by atoms with van der Waals surface area (Å²) in [5, 5.41) is 2.58. The lowest BCUT2D eigenvalue weighted by Crippen LogP contribution is -2.04. The van der Waals surface area contributed by atoms with Crippen LogP contribution in [0.25, 0.3) is 98.8 Å². The van der Waals surface area contributed by atoms with Crippen LogP contribution in [0.1, 0.15) is 22.3 Å². The summed E-state index contributed by atoms with van der Waals surface area (Å²) < 4.78 is 172. The molecule has 2 aromatic heterocycles. The number of aromatic nitrogens is 2. The zero-order valence-electron chi connectivity index (χ0n) is 34.6. The summed E-state index contributed by atoms with van der Waals surface area (Å²) in [7, 11) is 0.